The van der Waals surface area contributed by atoms with Crippen LogP contribution in [0.3, 0.4) is 0 Å². The van der Waals surface area contributed by atoms with Gasteiger partial charge in [0.25, 0.3) is 5.56 Å². The van der Waals surface area contributed by atoms with Crippen LogP contribution in [0, 0.1) is 0 Å². The van der Waals surface area contributed by atoms with Gasteiger partial charge in [-0.1, -0.05) is 105 Å². The molecule has 306 valence electrons. The minimum Gasteiger partial charge on any atom is -0.461 e. The van der Waals surface area contributed by atoms with Gasteiger partial charge in [0.1, 0.15) is 25.9 Å². The fourth-order valence-electron chi connectivity index (χ4n) is 7.86. The second-order valence-corrected chi connectivity index (χ2v) is 21.4. The van der Waals surface area contributed by atoms with E-state index in [-0.39, 0.29) is 68.1 Å². The molecule has 12 nitrogen and oxygen atoms in total. The van der Waals surface area contributed by atoms with Crippen molar-refractivity contribution in [2.24, 2.45) is 0 Å². The van der Waals surface area contributed by atoms with Crippen LogP contribution in [-0.4, -0.2) is 52.6 Å². The number of nitrogens with zero attached hydrogens (tertiary/aromatic N) is 2. The summed E-state index contributed by atoms with van der Waals surface area (Å²) in [6.07, 6.45) is 0.902. The van der Waals surface area contributed by atoms with Crippen LogP contribution in [0.2, 0.25) is 25.2 Å². The molecule has 2 unspecified atom stereocenters. The highest BCUT2D eigenvalue weighted by Crippen LogP contribution is 2.41. The highest BCUT2D eigenvalue weighted by atomic mass is 28.3. The number of cyclic esters (lactones) is 1. The van der Waals surface area contributed by atoms with Crippen LogP contribution >= 0.6 is 0 Å². The van der Waals surface area contributed by atoms with Gasteiger partial charge in [-0.25, -0.2) is 14.6 Å². The Morgan fingerprint density at radius 3 is 2.25 bits per heavy atom. The highest BCUT2D eigenvalue weighted by Gasteiger charge is 2.45. The van der Waals surface area contributed by atoms with Gasteiger partial charge in [0.15, 0.2) is 5.60 Å². The molecule has 0 radical (unpaired) electrons. The highest BCUT2D eigenvalue weighted by molar-refractivity contribution is 6.77. The predicted octanol–water partition coefficient (Wildman–Crippen LogP) is 6.47. The Hall–Kier alpha value is -5.92. The lowest BCUT2D eigenvalue weighted by molar-refractivity contribution is -0.172. The van der Waals surface area contributed by atoms with E-state index >= 15 is 0 Å². The SMILES string of the molecule is CCC1(O)C(=O)OCc2c1cc1n(c2=O)Cc2c-1nc1ccccc1c2CC[Si](C)(C)CCC(=O)NC(CCC(=O)OCc1ccccc1)C(=O)OCc1ccccc1. The number of fused-ring (bicyclic) bond motifs is 5. The second-order valence-electron chi connectivity index (χ2n) is 16.1. The third-order valence-corrected chi connectivity index (χ3v) is 14.7. The van der Waals surface area contributed by atoms with E-state index in [0.29, 0.717) is 30.4 Å². The minimum absolute atomic E-state index is 0.0313. The molecule has 2 aliphatic heterocycles. The number of benzene rings is 3. The molecule has 5 aromatic rings. The maximum atomic E-state index is 13.9. The van der Waals surface area contributed by atoms with Crippen LogP contribution in [-0.2, 0) is 71.8 Å². The minimum atomic E-state index is -2.06. The first-order valence-corrected chi connectivity index (χ1v) is 23.6. The summed E-state index contributed by atoms with van der Waals surface area (Å²) >= 11 is 0. The standard InChI is InChI=1S/C46H49N3O9Si/c1-4-46(55)36-25-39-42-34(26-49(39)43(52)35(36)29-58-45(46)54)32(33-17-11-12-18-37(33)48-42)21-23-59(2,3)24-22-40(50)47-38(44(53)57-28-31-15-9-6-10-16-31)19-20-41(51)56-27-30-13-7-5-8-14-30/h5-18,25,38,55H,4,19-24,26-29H2,1-3H3,(H,47,50). The van der Waals surface area contributed by atoms with Crippen LogP contribution in [0.4, 0.5) is 0 Å². The third-order valence-electron chi connectivity index (χ3n) is 11.5. The van der Waals surface area contributed by atoms with Crippen molar-refractivity contribution in [2.45, 2.75) is 102 Å². The predicted molar refractivity (Wildman–Crippen MR) is 224 cm³/mol. The lowest BCUT2D eigenvalue weighted by atomic mass is 9.86. The molecule has 0 spiro atoms. The van der Waals surface area contributed by atoms with Crippen LogP contribution in [0.25, 0.3) is 22.3 Å². The zero-order valence-electron chi connectivity index (χ0n) is 33.6. The average Bonchev–Trinajstić information content (AvgIpc) is 3.62. The van der Waals surface area contributed by atoms with E-state index in [1.165, 1.54) is 0 Å². The van der Waals surface area contributed by atoms with Crippen LogP contribution in [0.1, 0.15) is 66.0 Å². The van der Waals surface area contributed by atoms with Gasteiger partial charge in [-0.05, 0) is 54.1 Å². The van der Waals surface area contributed by atoms with Crippen molar-refractivity contribution < 1.29 is 38.5 Å². The fourth-order valence-corrected chi connectivity index (χ4v) is 9.94. The van der Waals surface area contributed by atoms with E-state index < -0.39 is 37.6 Å². The first-order chi connectivity index (χ1) is 28.4. The van der Waals surface area contributed by atoms with Crippen molar-refractivity contribution in [2.75, 3.05) is 0 Å². The Morgan fingerprint density at radius 1 is 0.898 bits per heavy atom. The number of pyridine rings is 2. The molecule has 3 aromatic carbocycles. The summed E-state index contributed by atoms with van der Waals surface area (Å²) in [6.45, 7) is 6.39. The molecule has 0 aliphatic carbocycles. The summed E-state index contributed by atoms with van der Waals surface area (Å²) in [5.41, 5.74) is 3.98. The number of amides is 1. The van der Waals surface area contributed by atoms with Crippen molar-refractivity contribution in [3.8, 4) is 11.4 Å². The summed E-state index contributed by atoms with van der Waals surface area (Å²) in [5.74, 6) is -2.16. The van der Waals surface area contributed by atoms with Gasteiger partial charge in [-0.2, -0.15) is 0 Å². The molecule has 0 fully saturated rings. The number of carbonyl (C=O) groups is 4. The van der Waals surface area contributed by atoms with Crippen LogP contribution in [0.5, 0.6) is 0 Å². The second kappa shape index (κ2) is 17.5. The largest absolute Gasteiger partial charge is 0.461 e. The Morgan fingerprint density at radius 2 is 1.56 bits per heavy atom. The molecule has 2 N–H and O–H groups in total. The average molecular weight is 816 g/mol. The van der Waals surface area contributed by atoms with E-state index in [4.69, 9.17) is 19.2 Å². The maximum absolute atomic E-state index is 13.9. The van der Waals surface area contributed by atoms with Gasteiger partial charge < -0.3 is 29.2 Å². The Labute approximate surface area is 343 Å². The van der Waals surface area contributed by atoms with Crippen molar-refractivity contribution in [1.82, 2.24) is 14.9 Å². The molecule has 0 bridgehead atoms. The zero-order chi connectivity index (χ0) is 41.7. The first-order valence-electron chi connectivity index (χ1n) is 20.1. The summed E-state index contributed by atoms with van der Waals surface area (Å²) in [5, 5.41) is 15.2. The first kappa shape index (κ1) is 41.2. The molecule has 0 saturated carbocycles. The van der Waals surface area contributed by atoms with Gasteiger partial charge in [0.05, 0.1) is 29.0 Å². The number of rotatable bonds is 16. The maximum Gasteiger partial charge on any atom is 0.343 e. The Bertz CT molecular complexity index is 2450. The topological polar surface area (TPSA) is 163 Å². The number of para-hydroxylation sites is 1. The monoisotopic (exact) mass is 815 g/mol. The Balaban J connectivity index is 1.03. The summed E-state index contributed by atoms with van der Waals surface area (Å²) in [4.78, 5) is 71.0. The molecule has 2 atom stereocenters. The normalized spacial score (nSPS) is 16.0. The van der Waals surface area contributed by atoms with Gasteiger partial charge in [-0.3, -0.25) is 14.4 Å². The summed E-state index contributed by atoms with van der Waals surface area (Å²) in [6, 6.07) is 28.6. The molecular formula is C46H49N3O9Si. The van der Waals surface area contributed by atoms with Gasteiger partial charge in [0, 0.05) is 37.4 Å². The summed E-state index contributed by atoms with van der Waals surface area (Å²) in [7, 11) is -2.06. The molecule has 13 heteroatoms. The van der Waals surface area contributed by atoms with Crippen molar-refractivity contribution in [3.05, 3.63) is 135 Å². The van der Waals surface area contributed by atoms with E-state index in [1.54, 1.807) is 17.6 Å². The molecular weight excluding hydrogens is 767 g/mol. The quantitative estimate of drug-likeness (QED) is 0.0629. The van der Waals surface area contributed by atoms with Crippen molar-refractivity contribution in [1.29, 1.82) is 0 Å². The Kier molecular flexibility index (Phi) is 12.2. The zero-order valence-corrected chi connectivity index (χ0v) is 34.6. The van der Waals surface area contributed by atoms with E-state index in [0.717, 1.165) is 39.2 Å². The molecule has 7 rings (SSSR count). The number of aliphatic hydroxyl groups is 1. The lowest BCUT2D eigenvalue weighted by Gasteiger charge is -2.31. The lowest BCUT2D eigenvalue weighted by Crippen LogP contribution is -2.44. The number of carbonyl (C=O) groups excluding carboxylic acids is 4. The molecule has 2 aromatic heterocycles. The fraction of sp³-hybridized carbons (Fsp3) is 0.348. The molecule has 2 aliphatic rings. The number of aryl methyl sites for hydroxylation is 1. The van der Waals surface area contributed by atoms with E-state index in [1.807, 2.05) is 84.9 Å². The van der Waals surface area contributed by atoms with Crippen LogP contribution in [0.15, 0.2) is 95.8 Å². The number of ether oxygens (including phenoxy) is 3. The third kappa shape index (κ3) is 9.06. The molecule has 4 heterocycles. The number of hydrogen-bond acceptors (Lipinski definition) is 10. The summed E-state index contributed by atoms with van der Waals surface area (Å²) < 4.78 is 17.9. The van der Waals surface area contributed by atoms with Crippen LogP contribution < -0.4 is 10.9 Å². The number of aromatic nitrogens is 2. The van der Waals surface area contributed by atoms with Crippen molar-refractivity contribution in [3.63, 3.8) is 0 Å². The van der Waals surface area contributed by atoms with Gasteiger partial charge >= 0.3 is 17.9 Å². The molecule has 0 saturated heterocycles. The van der Waals surface area contributed by atoms with Gasteiger partial charge in [-0.15, -0.1) is 0 Å². The van der Waals surface area contributed by atoms with Gasteiger partial charge in [0.2, 0.25) is 5.91 Å². The number of hydrogen-bond donors (Lipinski definition) is 2. The molecule has 59 heavy (non-hydrogen) atoms. The van der Waals surface area contributed by atoms with E-state index in [2.05, 4.69) is 18.4 Å². The molecule has 1 amide bonds. The number of nitrogens with one attached hydrogen (secondary N) is 1. The van der Waals surface area contributed by atoms with Crippen molar-refractivity contribution >= 4 is 42.8 Å². The number of esters is 3. The van der Waals surface area contributed by atoms with E-state index in [9.17, 15) is 29.1 Å². The smallest absolute Gasteiger partial charge is 0.343 e.